The summed E-state index contributed by atoms with van der Waals surface area (Å²) in [7, 11) is 0. The first kappa shape index (κ1) is 15.2. The van der Waals surface area contributed by atoms with Crippen molar-refractivity contribution in [1.29, 1.82) is 0 Å². The molecule has 102 valence electrons. The molecule has 0 atom stereocenters. The van der Waals surface area contributed by atoms with Crippen molar-refractivity contribution >= 4 is 0 Å². The number of unbranched alkanes of at least 4 members (excludes halogenated alkanes) is 1. The van der Waals surface area contributed by atoms with E-state index in [0.717, 1.165) is 32.4 Å². The van der Waals surface area contributed by atoms with E-state index in [9.17, 15) is 0 Å². The molecule has 1 rings (SSSR count). The summed E-state index contributed by atoms with van der Waals surface area (Å²) in [5.74, 6) is 0. The number of aryl methyl sites for hydroxylation is 1. The summed E-state index contributed by atoms with van der Waals surface area (Å²) in [5.41, 5.74) is 2.94. The monoisotopic (exact) mass is 249 g/mol. The predicted molar refractivity (Wildman–Crippen MR) is 78.0 cm³/mol. The molecule has 0 bridgehead atoms. The van der Waals surface area contributed by atoms with E-state index < -0.39 is 0 Å². The van der Waals surface area contributed by atoms with Crippen molar-refractivity contribution in [3.05, 3.63) is 35.4 Å². The minimum Gasteiger partial charge on any atom is -0.396 e. The molecule has 0 spiro atoms. The van der Waals surface area contributed by atoms with Crippen LogP contribution in [-0.4, -0.2) is 24.8 Å². The maximum absolute atomic E-state index is 8.73. The quantitative estimate of drug-likeness (QED) is 0.694. The molecule has 2 heteroatoms. The van der Waals surface area contributed by atoms with Gasteiger partial charge in [-0.1, -0.05) is 45.0 Å². The summed E-state index contributed by atoms with van der Waals surface area (Å²) in [4.78, 5) is 0. The van der Waals surface area contributed by atoms with Gasteiger partial charge in [0.05, 0.1) is 0 Å². The van der Waals surface area contributed by atoms with Crippen LogP contribution in [-0.2, 0) is 11.8 Å². The second-order valence-corrected chi connectivity index (χ2v) is 5.54. The van der Waals surface area contributed by atoms with E-state index in [1.165, 1.54) is 11.1 Å². The molecule has 0 saturated carbocycles. The predicted octanol–water partition coefficient (Wildman–Crippen LogP) is 2.89. The summed E-state index contributed by atoms with van der Waals surface area (Å²) >= 11 is 0. The van der Waals surface area contributed by atoms with Crippen LogP contribution in [0, 0.1) is 0 Å². The maximum atomic E-state index is 8.73. The summed E-state index contributed by atoms with van der Waals surface area (Å²) in [6, 6.07) is 8.94. The third kappa shape index (κ3) is 4.79. The number of hydrogen-bond donors (Lipinski definition) is 2. The minimum absolute atomic E-state index is 0.158. The van der Waals surface area contributed by atoms with E-state index in [0.29, 0.717) is 6.61 Å². The van der Waals surface area contributed by atoms with Gasteiger partial charge in [0.2, 0.25) is 0 Å². The van der Waals surface area contributed by atoms with Crippen LogP contribution >= 0.6 is 0 Å². The largest absolute Gasteiger partial charge is 0.396 e. The van der Waals surface area contributed by atoms with Gasteiger partial charge in [0.1, 0.15) is 0 Å². The number of benzene rings is 1. The molecule has 0 radical (unpaired) electrons. The van der Waals surface area contributed by atoms with Crippen LogP contribution in [0.2, 0.25) is 0 Å². The van der Waals surface area contributed by atoms with Gasteiger partial charge in [-0.05, 0) is 36.9 Å². The van der Waals surface area contributed by atoms with Crippen molar-refractivity contribution in [3.8, 4) is 0 Å². The fourth-order valence-corrected chi connectivity index (χ4v) is 2.06. The highest BCUT2D eigenvalue weighted by Gasteiger charge is 2.19. The van der Waals surface area contributed by atoms with Gasteiger partial charge >= 0.3 is 0 Å². The van der Waals surface area contributed by atoms with Gasteiger partial charge in [-0.3, -0.25) is 0 Å². The zero-order valence-corrected chi connectivity index (χ0v) is 12.0. The Labute approximate surface area is 111 Å². The Bertz CT molecular complexity index is 329. The van der Waals surface area contributed by atoms with Gasteiger partial charge in [0.25, 0.3) is 0 Å². The minimum atomic E-state index is 0.158. The van der Waals surface area contributed by atoms with Gasteiger partial charge in [-0.15, -0.1) is 0 Å². The number of aliphatic hydroxyl groups excluding tert-OH is 1. The van der Waals surface area contributed by atoms with E-state index in [1.54, 1.807) is 0 Å². The average Bonchev–Trinajstić information content (AvgIpc) is 2.38. The molecule has 0 heterocycles. The first-order valence-electron chi connectivity index (χ1n) is 7.01. The molecule has 0 amide bonds. The second kappa shape index (κ2) is 7.55. The molecule has 0 aliphatic carbocycles. The van der Waals surface area contributed by atoms with Crippen molar-refractivity contribution in [1.82, 2.24) is 5.32 Å². The lowest BCUT2D eigenvalue weighted by Crippen LogP contribution is -2.33. The molecule has 0 saturated heterocycles. The summed E-state index contributed by atoms with van der Waals surface area (Å²) < 4.78 is 0. The molecule has 18 heavy (non-hydrogen) atoms. The highest BCUT2D eigenvalue weighted by Crippen LogP contribution is 2.22. The van der Waals surface area contributed by atoms with Crippen LogP contribution < -0.4 is 5.32 Å². The fourth-order valence-electron chi connectivity index (χ4n) is 2.06. The standard InChI is InChI=1S/C16H27NO/c1-4-14-7-9-15(10-8-14)16(2,3)13-17-11-5-6-12-18/h7-10,17-18H,4-6,11-13H2,1-3H3. The van der Waals surface area contributed by atoms with Gasteiger partial charge in [-0.2, -0.15) is 0 Å². The molecule has 0 aromatic heterocycles. The molecule has 2 N–H and O–H groups in total. The topological polar surface area (TPSA) is 32.3 Å². The smallest absolute Gasteiger partial charge is 0.0431 e. The summed E-state index contributed by atoms with van der Waals surface area (Å²) in [6.07, 6.45) is 3.03. The van der Waals surface area contributed by atoms with E-state index in [4.69, 9.17) is 5.11 Å². The lowest BCUT2D eigenvalue weighted by Gasteiger charge is -2.26. The fraction of sp³-hybridized carbons (Fsp3) is 0.625. The lowest BCUT2D eigenvalue weighted by molar-refractivity contribution is 0.283. The summed E-state index contributed by atoms with van der Waals surface area (Å²) in [6.45, 7) is 8.98. The SMILES string of the molecule is CCc1ccc(C(C)(C)CNCCCCO)cc1. The number of nitrogens with one attached hydrogen (secondary N) is 1. The zero-order valence-electron chi connectivity index (χ0n) is 12.0. The number of rotatable bonds is 8. The Balaban J connectivity index is 2.45. The van der Waals surface area contributed by atoms with Crippen molar-refractivity contribution in [2.45, 2.75) is 45.4 Å². The number of hydrogen-bond acceptors (Lipinski definition) is 2. The van der Waals surface area contributed by atoms with Crippen LogP contribution in [0.4, 0.5) is 0 Å². The van der Waals surface area contributed by atoms with Crippen molar-refractivity contribution in [3.63, 3.8) is 0 Å². The van der Waals surface area contributed by atoms with E-state index in [1.807, 2.05) is 0 Å². The molecule has 1 aromatic carbocycles. The molecule has 2 nitrogen and oxygen atoms in total. The first-order chi connectivity index (χ1) is 8.60. The van der Waals surface area contributed by atoms with Crippen LogP contribution in [0.5, 0.6) is 0 Å². The Hall–Kier alpha value is -0.860. The molecule has 0 aliphatic heterocycles. The second-order valence-electron chi connectivity index (χ2n) is 5.54. The van der Waals surface area contributed by atoms with Gasteiger partial charge in [0.15, 0.2) is 0 Å². The molecule has 0 unspecified atom stereocenters. The highest BCUT2D eigenvalue weighted by molar-refractivity contribution is 5.28. The Morgan fingerprint density at radius 1 is 1.11 bits per heavy atom. The lowest BCUT2D eigenvalue weighted by atomic mass is 9.84. The third-order valence-electron chi connectivity index (χ3n) is 3.47. The van der Waals surface area contributed by atoms with Crippen molar-refractivity contribution in [2.24, 2.45) is 0 Å². The summed E-state index contributed by atoms with van der Waals surface area (Å²) in [5, 5.41) is 12.2. The van der Waals surface area contributed by atoms with Crippen LogP contribution in [0.15, 0.2) is 24.3 Å². The van der Waals surface area contributed by atoms with E-state index in [2.05, 4.69) is 50.4 Å². The molecule has 1 aromatic rings. The first-order valence-corrected chi connectivity index (χ1v) is 7.01. The highest BCUT2D eigenvalue weighted by atomic mass is 16.2. The van der Waals surface area contributed by atoms with Crippen LogP contribution in [0.3, 0.4) is 0 Å². The normalized spacial score (nSPS) is 11.8. The van der Waals surface area contributed by atoms with Crippen LogP contribution in [0.25, 0.3) is 0 Å². The maximum Gasteiger partial charge on any atom is 0.0431 e. The number of aliphatic hydroxyl groups is 1. The van der Waals surface area contributed by atoms with Gasteiger partial charge < -0.3 is 10.4 Å². The molecule has 0 fully saturated rings. The molecule has 0 aliphatic rings. The third-order valence-corrected chi connectivity index (χ3v) is 3.47. The Morgan fingerprint density at radius 2 is 1.78 bits per heavy atom. The van der Waals surface area contributed by atoms with E-state index in [-0.39, 0.29) is 5.41 Å². The molecular formula is C16H27NO. The van der Waals surface area contributed by atoms with Gasteiger partial charge in [-0.25, -0.2) is 0 Å². The van der Waals surface area contributed by atoms with E-state index >= 15 is 0 Å². The van der Waals surface area contributed by atoms with Crippen LogP contribution in [0.1, 0.15) is 44.7 Å². The molecular weight excluding hydrogens is 222 g/mol. The Kier molecular flexibility index (Phi) is 6.37. The zero-order chi connectivity index (χ0) is 13.4. The average molecular weight is 249 g/mol. The van der Waals surface area contributed by atoms with Crippen molar-refractivity contribution in [2.75, 3.05) is 19.7 Å². The van der Waals surface area contributed by atoms with Crippen molar-refractivity contribution < 1.29 is 5.11 Å². The van der Waals surface area contributed by atoms with Gasteiger partial charge in [0, 0.05) is 18.6 Å². The Morgan fingerprint density at radius 3 is 2.33 bits per heavy atom.